The average molecular weight is 395 g/mol. The summed E-state index contributed by atoms with van der Waals surface area (Å²) < 4.78 is 4.77. The molecular weight excluding hydrogens is 374 g/mol. The molecule has 8 heteroatoms. The van der Waals surface area contributed by atoms with Crippen molar-refractivity contribution in [1.82, 2.24) is 4.98 Å². The number of aromatic nitrogens is 1. The minimum absolute atomic E-state index is 0.0495. The minimum Gasteiger partial charge on any atom is -0.504 e. The number of esters is 1. The van der Waals surface area contributed by atoms with E-state index in [9.17, 15) is 24.8 Å². The van der Waals surface area contributed by atoms with Gasteiger partial charge in [0.1, 0.15) is 11.9 Å². The number of nitriles is 1. The molecule has 29 heavy (non-hydrogen) atoms. The van der Waals surface area contributed by atoms with Crippen LogP contribution in [0.2, 0.25) is 0 Å². The van der Waals surface area contributed by atoms with E-state index >= 15 is 0 Å². The maximum absolute atomic E-state index is 12.7. The smallest absolute Gasteiger partial charge is 0.306 e. The number of hydrogen-bond acceptors (Lipinski definition) is 7. The van der Waals surface area contributed by atoms with E-state index in [1.807, 2.05) is 6.07 Å². The van der Waals surface area contributed by atoms with Crippen LogP contribution in [0.3, 0.4) is 0 Å². The molecule has 2 aromatic rings. The minimum atomic E-state index is -0.643. The second-order valence-corrected chi connectivity index (χ2v) is 6.31. The molecule has 1 aromatic carbocycles. The Morgan fingerprint density at radius 1 is 1.21 bits per heavy atom. The van der Waals surface area contributed by atoms with Crippen LogP contribution in [0, 0.1) is 25.2 Å². The standard InChI is InChI=1S/C21H21N3O5/c1-4-29-17(26)9-8-15(25)19-20(27)14(11-22)10-16(23-19)24-21(28)18-12(2)6-5-7-13(18)3/h5-7,10,27H,4,8-9H2,1-3H3,(H,23,24,28). The monoisotopic (exact) mass is 395 g/mol. The van der Waals surface area contributed by atoms with Crippen molar-refractivity contribution in [3.8, 4) is 11.8 Å². The number of hydrogen-bond donors (Lipinski definition) is 2. The predicted molar refractivity (Wildman–Crippen MR) is 105 cm³/mol. The molecule has 2 rings (SSSR count). The number of ether oxygens (including phenoxy) is 1. The summed E-state index contributed by atoms with van der Waals surface area (Å²) in [7, 11) is 0. The largest absolute Gasteiger partial charge is 0.504 e. The van der Waals surface area contributed by atoms with Gasteiger partial charge in [0.15, 0.2) is 17.2 Å². The molecule has 1 amide bonds. The van der Waals surface area contributed by atoms with Crippen molar-refractivity contribution >= 4 is 23.5 Å². The van der Waals surface area contributed by atoms with Gasteiger partial charge in [0.25, 0.3) is 5.91 Å². The number of rotatable bonds is 7. The van der Waals surface area contributed by atoms with Crippen LogP contribution < -0.4 is 5.32 Å². The van der Waals surface area contributed by atoms with Crippen molar-refractivity contribution in [2.24, 2.45) is 0 Å². The lowest BCUT2D eigenvalue weighted by Gasteiger charge is -2.12. The highest BCUT2D eigenvalue weighted by atomic mass is 16.5. The van der Waals surface area contributed by atoms with Crippen LogP contribution in [0.4, 0.5) is 5.82 Å². The van der Waals surface area contributed by atoms with Gasteiger partial charge in [0.05, 0.1) is 18.6 Å². The molecule has 0 aliphatic heterocycles. The number of pyridine rings is 1. The number of benzene rings is 1. The Kier molecular flexibility index (Phi) is 7.04. The van der Waals surface area contributed by atoms with Crippen molar-refractivity contribution in [2.45, 2.75) is 33.6 Å². The van der Waals surface area contributed by atoms with Gasteiger partial charge in [-0.3, -0.25) is 14.4 Å². The normalized spacial score (nSPS) is 10.1. The van der Waals surface area contributed by atoms with Crippen LogP contribution in [0.1, 0.15) is 57.3 Å². The molecule has 0 spiro atoms. The molecule has 0 unspecified atom stereocenters. The van der Waals surface area contributed by atoms with E-state index in [-0.39, 0.29) is 36.5 Å². The third-order valence-corrected chi connectivity index (χ3v) is 4.19. The van der Waals surface area contributed by atoms with E-state index in [0.717, 1.165) is 11.1 Å². The fourth-order valence-corrected chi connectivity index (χ4v) is 2.80. The van der Waals surface area contributed by atoms with Gasteiger partial charge in [-0.1, -0.05) is 18.2 Å². The summed E-state index contributed by atoms with van der Waals surface area (Å²) in [6, 6.07) is 8.36. The number of nitrogens with zero attached hydrogens (tertiary/aromatic N) is 2. The van der Waals surface area contributed by atoms with Gasteiger partial charge in [-0.15, -0.1) is 0 Å². The second-order valence-electron chi connectivity index (χ2n) is 6.31. The fraction of sp³-hybridized carbons (Fsp3) is 0.286. The molecular formula is C21H21N3O5. The summed E-state index contributed by atoms with van der Waals surface area (Å²) in [5.41, 5.74) is 1.37. The molecule has 0 atom stereocenters. The van der Waals surface area contributed by atoms with Crippen LogP contribution in [0.25, 0.3) is 0 Å². The number of aromatic hydroxyl groups is 1. The highest BCUT2D eigenvalue weighted by Gasteiger charge is 2.21. The lowest BCUT2D eigenvalue weighted by molar-refractivity contribution is -0.143. The summed E-state index contributed by atoms with van der Waals surface area (Å²) in [5.74, 6) is -2.29. The molecule has 0 aliphatic rings. The van der Waals surface area contributed by atoms with E-state index in [2.05, 4.69) is 10.3 Å². The van der Waals surface area contributed by atoms with E-state index in [1.165, 1.54) is 6.07 Å². The summed E-state index contributed by atoms with van der Waals surface area (Å²) in [4.78, 5) is 40.5. The van der Waals surface area contributed by atoms with Crippen molar-refractivity contribution in [3.63, 3.8) is 0 Å². The summed E-state index contributed by atoms with van der Waals surface area (Å²) in [6.45, 7) is 5.41. The first-order chi connectivity index (χ1) is 13.8. The Morgan fingerprint density at radius 2 is 1.86 bits per heavy atom. The molecule has 0 saturated heterocycles. The zero-order valence-electron chi connectivity index (χ0n) is 16.4. The van der Waals surface area contributed by atoms with E-state index in [1.54, 1.807) is 39.0 Å². The molecule has 150 valence electrons. The van der Waals surface area contributed by atoms with Gasteiger partial charge in [-0.2, -0.15) is 5.26 Å². The third kappa shape index (κ3) is 5.17. The zero-order valence-corrected chi connectivity index (χ0v) is 16.4. The number of anilines is 1. The number of ketones is 1. The maximum atomic E-state index is 12.7. The van der Waals surface area contributed by atoms with Crippen molar-refractivity contribution in [1.29, 1.82) is 5.26 Å². The Morgan fingerprint density at radius 3 is 2.45 bits per heavy atom. The van der Waals surface area contributed by atoms with Gasteiger partial charge < -0.3 is 15.2 Å². The van der Waals surface area contributed by atoms with Crippen LogP contribution in [-0.2, 0) is 9.53 Å². The Balaban J connectivity index is 2.31. The molecule has 0 radical (unpaired) electrons. The molecule has 1 heterocycles. The average Bonchev–Trinajstić information content (AvgIpc) is 2.67. The topological polar surface area (TPSA) is 129 Å². The first-order valence-electron chi connectivity index (χ1n) is 8.99. The first kappa shape index (κ1) is 21.6. The van der Waals surface area contributed by atoms with Crippen LogP contribution >= 0.6 is 0 Å². The molecule has 0 saturated carbocycles. The highest BCUT2D eigenvalue weighted by molar-refractivity contribution is 6.06. The van der Waals surface area contributed by atoms with Gasteiger partial charge in [-0.25, -0.2) is 4.98 Å². The third-order valence-electron chi connectivity index (χ3n) is 4.19. The fourth-order valence-electron chi connectivity index (χ4n) is 2.80. The highest BCUT2D eigenvalue weighted by Crippen LogP contribution is 2.26. The van der Waals surface area contributed by atoms with Crippen molar-refractivity contribution in [2.75, 3.05) is 11.9 Å². The van der Waals surface area contributed by atoms with Crippen molar-refractivity contribution in [3.05, 3.63) is 52.2 Å². The molecule has 2 N–H and O–H groups in total. The Hall–Kier alpha value is -3.73. The zero-order chi connectivity index (χ0) is 21.6. The van der Waals surface area contributed by atoms with Gasteiger partial charge >= 0.3 is 5.97 Å². The Labute approximate surface area is 168 Å². The second kappa shape index (κ2) is 9.46. The lowest BCUT2D eigenvalue weighted by atomic mass is 10.0. The van der Waals surface area contributed by atoms with Gasteiger partial charge in [0, 0.05) is 18.1 Å². The summed E-state index contributed by atoms with van der Waals surface area (Å²) in [6.07, 6.45) is -0.437. The number of Topliss-reactive ketones (excluding diaryl/α,β-unsaturated/α-hetero) is 1. The predicted octanol–water partition coefficient (Wildman–Crippen LogP) is 3.05. The molecule has 0 aliphatic carbocycles. The van der Waals surface area contributed by atoms with Crippen molar-refractivity contribution < 1.29 is 24.2 Å². The SMILES string of the molecule is CCOC(=O)CCC(=O)c1nc(NC(=O)c2c(C)cccc2C)cc(C#N)c1O. The van der Waals surface area contributed by atoms with Crippen LogP contribution in [0.5, 0.6) is 5.75 Å². The van der Waals surface area contributed by atoms with E-state index in [0.29, 0.717) is 5.56 Å². The number of aryl methyl sites for hydroxylation is 2. The molecule has 8 nitrogen and oxygen atoms in total. The maximum Gasteiger partial charge on any atom is 0.306 e. The van der Waals surface area contributed by atoms with Gasteiger partial charge in [0.2, 0.25) is 0 Å². The summed E-state index contributed by atoms with van der Waals surface area (Å²) >= 11 is 0. The number of carbonyl (C=O) groups is 3. The number of carbonyl (C=O) groups excluding carboxylic acids is 3. The molecule has 1 aromatic heterocycles. The number of nitrogens with one attached hydrogen (secondary N) is 1. The van der Waals surface area contributed by atoms with Crippen LogP contribution in [-0.4, -0.2) is 34.4 Å². The van der Waals surface area contributed by atoms with Crippen LogP contribution in [0.15, 0.2) is 24.3 Å². The Bertz CT molecular complexity index is 988. The quantitative estimate of drug-likeness (QED) is 0.544. The van der Waals surface area contributed by atoms with Gasteiger partial charge in [-0.05, 0) is 31.9 Å². The lowest BCUT2D eigenvalue weighted by Crippen LogP contribution is -2.17. The molecule has 0 fully saturated rings. The van der Waals surface area contributed by atoms with E-state index in [4.69, 9.17) is 4.74 Å². The number of amides is 1. The van der Waals surface area contributed by atoms with E-state index < -0.39 is 23.4 Å². The first-order valence-corrected chi connectivity index (χ1v) is 8.99. The summed E-state index contributed by atoms with van der Waals surface area (Å²) in [5, 5.41) is 22.0. The molecule has 0 bridgehead atoms.